The fraction of sp³-hybridized carbons (Fsp3) is 0.167. The van der Waals surface area contributed by atoms with E-state index in [4.69, 9.17) is 23.2 Å². The zero-order chi connectivity index (χ0) is 21.3. The maximum Gasteiger partial charge on any atom is 0.271 e. The van der Waals surface area contributed by atoms with Gasteiger partial charge in [-0.15, -0.1) is 0 Å². The number of rotatable bonds is 4. The van der Waals surface area contributed by atoms with E-state index >= 15 is 0 Å². The highest BCUT2D eigenvalue weighted by atomic mass is 35.5. The van der Waals surface area contributed by atoms with Crippen LogP contribution in [0.25, 0.3) is 0 Å². The lowest BCUT2D eigenvalue weighted by Gasteiger charge is -2.17. The first-order valence-corrected chi connectivity index (χ1v) is 10.4. The van der Waals surface area contributed by atoms with Crippen LogP contribution in [-0.2, 0) is 13.1 Å². The zero-order valence-corrected chi connectivity index (χ0v) is 18.3. The van der Waals surface area contributed by atoms with Crippen LogP contribution in [0, 0.1) is 13.8 Å². The Kier molecular flexibility index (Phi) is 5.80. The molecule has 0 radical (unpaired) electrons. The monoisotopic (exact) mass is 437 g/mol. The minimum absolute atomic E-state index is 0.279. The minimum Gasteiger partial charge on any atom is -0.363 e. The van der Waals surface area contributed by atoms with Gasteiger partial charge in [0, 0.05) is 34.9 Å². The van der Waals surface area contributed by atoms with E-state index in [0.29, 0.717) is 21.2 Å². The third kappa shape index (κ3) is 4.35. The smallest absolute Gasteiger partial charge is 0.271 e. The summed E-state index contributed by atoms with van der Waals surface area (Å²) in [5.74, 6) is -0.279. The summed E-state index contributed by atoms with van der Waals surface area (Å²) in [7, 11) is 0. The van der Waals surface area contributed by atoms with Crippen molar-refractivity contribution in [2.45, 2.75) is 26.9 Å². The zero-order valence-electron chi connectivity index (χ0n) is 16.7. The molecule has 1 aliphatic heterocycles. The molecule has 0 unspecified atom stereocenters. The quantitative estimate of drug-likeness (QED) is 0.408. The number of nitrogens with one attached hydrogen (secondary N) is 1. The van der Waals surface area contributed by atoms with Crippen LogP contribution >= 0.6 is 23.2 Å². The van der Waals surface area contributed by atoms with Crippen LogP contribution in [0.5, 0.6) is 0 Å². The Bertz CT molecular complexity index is 1110. The van der Waals surface area contributed by atoms with Crippen LogP contribution < -0.4 is 10.3 Å². The van der Waals surface area contributed by atoms with Crippen molar-refractivity contribution in [3.8, 4) is 0 Å². The first-order chi connectivity index (χ1) is 14.4. The molecule has 4 rings (SSSR count). The molecule has 1 aliphatic rings. The molecule has 0 bridgehead atoms. The number of carbonyl (C=O) groups is 1. The lowest BCUT2D eigenvalue weighted by Crippen LogP contribution is -2.18. The van der Waals surface area contributed by atoms with E-state index in [1.54, 1.807) is 18.2 Å². The summed E-state index contributed by atoms with van der Waals surface area (Å²) < 4.78 is 0. The molecule has 1 amide bonds. The molecular weight excluding hydrogens is 417 g/mol. The predicted octanol–water partition coefficient (Wildman–Crippen LogP) is 5.89. The highest BCUT2D eigenvalue weighted by Crippen LogP contribution is 2.30. The van der Waals surface area contributed by atoms with Crippen molar-refractivity contribution in [2.24, 2.45) is 5.10 Å². The highest BCUT2D eigenvalue weighted by molar-refractivity contribution is 6.36. The Balaban J connectivity index is 1.40. The SMILES string of the molecule is Cc1cc2c(cc1C)CN(c1ccc(C(=O)N/N=C/c3ccc(Cl)cc3Cl)cc1)C2. The van der Waals surface area contributed by atoms with E-state index in [-0.39, 0.29) is 5.91 Å². The van der Waals surface area contributed by atoms with Gasteiger partial charge in [-0.05, 0) is 72.5 Å². The van der Waals surface area contributed by atoms with Crippen LogP contribution in [-0.4, -0.2) is 12.1 Å². The van der Waals surface area contributed by atoms with Gasteiger partial charge in [0.2, 0.25) is 0 Å². The van der Waals surface area contributed by atoms with Crippen molar-refractivity contribution < 1.29 is 4.79 Å². The second-order valence-corrected chi connectivity index (χ2v) is 8.32. The van der Waals surface area contributed by atoms with Gasteiger partial charge in [-0.25, -0.2) is 5.43 Å². The number of amides is 1. The third-order valence-electron chi connectivity index (χ3n) is 5.37. The van der Waals surface area contributed by atoms with Crippen molar-refractivity contribution in [1.29, 1.82) is 0 Å². The van der Waals surface area contributed by atoms with Gasteiger partial charge >= 0.3 is 0 Å². The molecule has 30 heavy (non-hydrogen) atoms. The molecule has 4 nitrogen and oxygen atoms in total. The van der Waals surface area contributed by atoms with Crippen molar-refractivity contribution in [3.63, 3.8) is 0 Å². The van der Waals surface area contributed by atoms with Crippen LogP contribution in [0.2, 0.25) is 10.0 Å². The van der Waals surface area contributed by atoms with Crippen molar-refractivity contribution in [3.05, 3.63) is 98.0 Å². The van der Waals surface area contributed by atoms with E-state index in [1.165, 1.54) is 28.5 Å². The molecule has 152 valence electrons. The number of halogens is 2. The lowest BCUT2D eigenvalue weighted by atomic mass is 10.0. The van der Waals surface area contributed by atoms with E-state index in [2.05, 4.69) is 41.4 Å². The van der Waals surface area contributed by atoms with Gasteiger partial charge in [-0.3, -0.25) is 4.79 Å². The second kappa shape index (κ2) is 8.50. The fourth-order valence-corrected chi connectivity index (χ4v) is 3.99. The Morgan fingerprint density at radius 1 is 0.967 bits per heavy atom. The van der Waals surface area contributed by atoms with Gasteiger partial charge in [0.05, 0.1) is 11.2 Å². The van der Waals surface area contributed by atoms with Crippen LogP contribution in [0.4, 0.5) is 5.69 Å². The molecule has 1 heterocycles. The maximum atomic E-state index is 12.4. The van der Waals surface area contributed by atoms with Crippen LogP contribution in [0.3, 0.4) is 0 Å². The van der Waals surface area contributed by atoms with E-state index in [9.17, 15) is 4.79 Å². The number of carbonyl (C=O) groups excluding carboxylic acids is 1. The van der Waals surface area contributed by atoms with Gasteiger partial charge in [0.1, 0.15) is 0 Å². The van der Waals surface area contributed by atoms with E-state index in [0.717, 1.165) is 18.8 Å². The molecule has 1 N–H and O–H groups in total. The molecular formula is C24H21Cl2N3O. The fourth-order valence-electron chi connectivity index (χ4n) is 3.53. The molecule has 0 aliphatic carbocycles. The van der Waals surface area contributed by atoms with E-state index < -0.39 is 0 Å². The Hall–Kier alpha value is -2.82. The number of hydrogen-bond donors (Lipinski definition) is 1. The summed E-state index contributed by atoms with van der Waals surface area (Å²) in [5, 5.41) is 5.01. The van der Waals surface area contributed by atoms with Gasteiger partial charge < -0.3 is 4.90 Å². The van der Waals surface area contributed by atoms with Gasteiger partial charge in [0.25, 0.3) is 5.91 Å². The van der Waals surface area contributed by atoms with Crippen LogP contribution in [0.15, 0.2) is 59.7 Å². The molecule has 3 aromatic carbocycles. The highest BCUT2D eigenvalue weighted by Gasteiger charge is 2.20. The van der Waals surface area contributed by atoms with Crippen LogP contribution in [0.1, 0.15) is 38.2 Å². The largest absolute Gasteiger partial charge is 0.363 e. The number of nitrogens with zero attached hydrogens (tertiary/aromatic N) is 2. The van der Waals surface area contributed by atoms with Crippen molar-refractivity contribution in [2.75, 3.05) is 4.90 Å². The van der Waals surface area contributed by atoms with Crippen molar-refractivity contribution in [1.82, 2.24) is 5.43 Å². The van der Waals surface area contributed by atoms with Gasteiger partial charge in [-0.2, -0.15) is 5.10 Å². The molecule has 0 aromatic heterocycles. The standard InChI is InChI=1S/C24H21Cl2N3O/c1-15-9-19-13-29(14-20(19)10-16(15)2)22-7-4-17(5-8-22)24(30)28-27-12-18-3-6-21(25)11-23(18)26/h3-12H,13-14H2,1-2H3,(H,28,30)/b27-12+. The molecule has 6 heteroatoms. The molecule has 3 aromatic rings. The average molecular weight is 438 g/mol. The lowest BCUT2D eigenvalue weighted by molar-refractivity contribution is 0.0955. The Morgan fingerprint density at radius 2 is 1.60 bits per heavy atom. The number of hydrazone groups is 1. The number of anilines is 1. The third-order valence-corrected chi connectivity index (χ3v) is 5.93. The first-order valence-electron chi connectivity index (χ1n) is 9.63. The summed E-state index contributed by atoms with van der Waals surface area (Å²) in [5.41, 5.74) is 10.2. The molecule has 0 saturated carbocycles. The summed E-state index contributed by atoms with van der Waals surface area (Å²) in [4.78, 5) is 14.7. The molecule has 0 atom stereocenters. The number of fused-ring (bicyclic) bond motifs is 1. The molecule has 0 saturated heterocycles. The molecule has 0 fully saturated rings. The normalized spacial score (nSPS) is 13.0. The Morgan fingerprint density at radius 3 is 2.20 bits per heavy atom. The summed E-state index contributed by atoms with van der Waals surface area (Å²) in [6, 6.07) is 17.2. The average Bonchev–Trinajstić information content (AvgIpc) is 3.12. The van der Waals surface area contributed by atoms with Crippen molar-refractivity contribution >= 4 is 41.0 Å². The first kappa shape index (κ1) is 20.5. The maximum absolute atomic E-state index is 12.4. The number of aryl methyl sites for hydroxylation is 2. The number of benzene rings is 3. The summed E-state index contributed by atoms with van der Waals surface area (Å²) in [6.07, 6.45) is 1.50. The minimum atomic E-state index is -0.279. The molecule has 0 spiro atoms. The van der Waals surface area contributed by atoms with E-state index in [1.807, 2.05) is 24.3 Å². The Labute approximate surface area is 186 Å². The predicted molar refractivity (Wildman–Crippen MR) is 124 cm³/mol. The number of hydrogen-bond acceptors (Lipinski definition) is 3. The summed E-state index contributed by atoms with van der Waals surface area (Å²) >= 11 is 12.0. The van der Waals surface area contributed by atoms with Gasteiger partial charge in [0.15, 0.2) is 0 Å². The topological polar surface area (TPSA) is 44.7 Å². The van der Waals surface area contributed by atoms with Gasteiger partial charge in [-0.1, -0.05) is 41.4 Å². The summed E-state index contributed by atoms with van der Waals surface area (Å²) in [6.45, 7) is 6.06. The second-order valence-electron chi connectivity index (χ2n) is 7.47.